The molecule has 7 nitrogen and oxygen atoms in total. The molecule has 3 heterocycles. The molecule has 7 heteroatoms. The molecule has 0 bridgehead atoms. The van der Waals surface area contributed by atoms with Gasteiger partial charge in [-0.05, 0) is 25.0 Å². The van der Waals surface area contributed by atoms with Crippen LogP contribution in [0.2, 0.25) is 0 Å². The van der Waals surface area contributed by atoms with E-state index in [0.29, 0.717) is 45.0 Å². The maximum absolute atomic E-state index is 12.6. The lowest BCUT2D eigenvalue weighted by molar-refractivity contribution is 0.0407. The van der Waals surface area contributed by atoms with Crippen molar-refractivity contribution in [1.29, 1.82) is 0 Å². The Hall–Kier alpha value is -2.67. The number of morpholine rings is 1. The van der Waals surface area contributed by atoms with Crippen molar-refractivity contribution in [3.8, 4) is 0 Å². The minimum Gasteiger partial charge on any atom is -0.378 e. The number of nitrogens with zero attached hydrogens (tertiary/aromatic N) is 3. The van der Waals surface area contributed by atoms with Gasteiger partial charge in [0.1, 0.15) is 0 Å². The van der Waals surface area contributed by atoms with Crippen LogP contribution in [-0.2, 0) is 4.74 Å². The van der Waals surface area contributed by atoms with Gasteiger partial charge in [0.25, 0.3) is 5.91 Å². The molecule has 2 aliphatic rings. The molecule has 1 N–H and O–H groups in total. The summed E-state index contributed by atoms with van der Waals surface area (Å²) >= 11 is 0. The highest BCUT2D eigenvalue weighted by Crippen LogP contribution is 2.16. The first kappa shape index (κ1) is 17.7. The number of amides is 3. The fraction of sp³-hybridized carbons (Fsp3) is 0.450. The van der Waals surface area contributed by atoms with Gasteiger partial charge in [-0.2, -0.15) is 0 Å². The van der Waals surface area contributed by atoms with E-state index < -0.39 is 0 Å². The number of benzene rings is 1. The first-order chi connectivity index (χ1) is 13.2. The highest BCUT2D eigenvalue weighted by atomic mass is 16.5. The van der Waals surface area contributed by atoms with Crippen LogP contribution in [0.25, 0.3) is 10.9 Å². The van der Waals surface area contributed by atoms with Gasteiger partial charge in [0.15, 0.2) is 0 Å². The summed E-state index contributed by atoms with van der Waals surface area (Å²) < 4.78 is 5.30. The minimum atomic E-state index is -0.105. The van der Waals surface area contributed by atoms with Crippen LogP contribution in [0, 0.1) is 0 Å². The summed E-state index contributed by atoms with van der Waals surface area (Å²) in [6.07, 6.45) is 3.15. The number of hydrogen-bond donors (Lipinski definition) is 1. The topological polar surface area (TPSA) is 74.8 Å². The van der Waals surface area contributed by atoms with Crippen molar-refractivity contribution in [2.45, 2.75) is 18.9 Å². The molecular weight excluding hydrogens is 344 g/mol. The maximum atomic E-state index is 12.6. The van der Waals surface area contributed by atoms with E-state index in [1.54, 1.807) is 6.20 Å². The zero-order chi connectivity index (χ0) is 18.6. The zero-order valence-corrected chi connectivity index (χ0v) is 15.3. The standard InChI is InChI=1S/C20H24N4O3/c25-19(16-13-15-3-1-2-4-18(15)21-14-16)22-17-5-7-23(8-6-17)20(26)24-9-11-27-12-10-24/h1-4,13-14,17H,5-12H2,(H,22,25). The number of piperidine rings is 1. The van der Waals surface area contributed by atoms with Crippen molar-refractivity contribution in [2.75, 3.05) is 39.4 Å². The number of pyridine rings is 1. The van der Waals surface area contributed by atoms with Crippen molar-refractivity contribution >= 4 is 22.8 Å². The molecule has 2 aromatic rings. The molecule has 0 radical (unpaired) electrons. The molecule has 2 saturated heterocycles. The van der Waals surface area contributed by atoms with E-state index in [0.717, 1.165) is 23.7 Å². The second-order valence-electron chi connectivity index (χ2n) is 7.03. The molecule has 1 aromatic heterocycles. The summed E-state index contributed by atoms with van der Waals surface area (Å²) in [6.45, 7) is 3.86. The number of para-hydroxylation sites is 1. The fourth-order valence-electron chi connectivity index (χ4n) is 3.63. The third-order valence-electron chi connectivity index (χ3n) is 5.23. The molecule has 0 unspecified atom stereocenters. The highest BCUT2D eigenvalue weighted by molar-refractivity contribution is 5.97. The lowest BCUT2D eigenvalue weighted by atomic mass is 10.0. The molecule has 2 aliphatic heterocycles. The number of nitrogens with one attached hydrogen (secondary N) is 1. The van der Waals surface area contributed by atoms with Gasteiger partial charge in [-0.1, -0.05) is 18.2 Å². The summed E-state index contributed by atoms with van der Waals surface area (Å²) in [6, 6.07) is 9.79. The summed E-state index contributed by atoms with van der Waals surface area (Å²) in [7, 11) is 0. The Morgan fingerprint density at radius 3 is 2.52 bits per heavy atom. The number of carbonyl (C=O) groups is 2. The smallest absolute Gasteiger partial charge is 0.320 e. The van der Waals surface area contributed by atoms with Gasteiger partial charge in [-0.25, -0.2) is 4.79 Å². The van der Waals surface area contributed by atoms with E-state index in [1.807, 2.05) is 40.1 Å². The monoisotopic (exact) mass is 368 g/mol. The van der Waals surface area contributed by atoms with Gasteiger partial charge in [0.05, 0.1) is 24.3 Å². The predicted octanol–water partition coefficient (Wildman–Crippen LogP) is 1.88. The number of aromatic nitrogens is 1. The van der Waals surface area contributed by atoms with Crippen LogP contribution in [0.3, 0.4) is 0 Å². The van der Waals surface area contributed by atoms with Crippen LogP contribution >= 0.6 is 0 Å². The van der Waals surface area contributed by atoms with Gasteiger partial charge in [0, 0.05) is 43.8 Å². The Bertz CT molecular complexity index is 827. The normalized spacial score (nSPS) is 18.5. The lowest BCUT2D eigenvalue weighted by Gasteiger charge is -2.37. The van der Waals surface area contributed by atoms with E-state index in [9.17, 15) is 9.59 Å². The van der Waals surface area contributed by atoms with E-state index >= 15 is 0 Å². The number of likely N-dealkylation sites (tertiary alicyclic amines) is 1. The second kappa shape index (κ2) is 7.92. The molecule has 0 saturated carbocycles. The van der Waals surface area contributed by atoms with Crippen LogP contribution in [0.4, 0.5) is 4.79 Å². The number of fused-ring (bicyclic) bond motifs is 1. The number of hydrogen-bond acceptors (Lipinski definition) is 4. The molecule has 2 fully saturated rings. The van der Waals surface area contributed by atoms with E-state index in [-0.39, 0.29) is 18.0 Å². The van der Waals surface area contributed by atoms with Gasteiger partial charge < -0.3 is 19.9 Å². The Kier molecular flexibility index (Phi) is 5.20. The Labute approximate surface area is 158 Å². The largest absolute Gasteiger partial charge is 0.378 e. The van der Waals surface area contributed by atoms with Crippen LogP contribution in [0.1, 0.15) is 23.2 Å². The van der Waals surface area contributed by atoms with Gasteiger partial charge in [0.2, 0.25) is 0 Å². The lowest BCUT2D eigenvalue weighted by Crippen LogP contribution is -2.52. The van der Waals surface area contributed by atoms with E-state index in [1.165, 1.54) is 0 Å². The Morgan fingerprint density at radius 1 is 1.04 bits per heavy atom. The predicted molar refractivity (Wildman–Crippen MR) is 102 cm³/mol. The average molecular weight is 368 g/mol. The summed E-state index contributed by atoms with van der Waals surface area (Å²) in [5.41, 5.74) is 1.45. The SMILES string of the molecule is O=C(NC1CCN(C(=O)N2CCOCC2)CC1)c1cnc2ccccc2c1. The van der Waals surface area contributed by atoms with Crippen molar-refractivity contribution < 1.29 is 14.3 Å². The van der Waals surface area contributed by atoms with E-state index in [4.69, 9.17) is 4.74 Å². The number of carbonyl (C=O) groups excluding carboxylic acids is 2. The molecule has 0 atom stereocenters. The van der Waals surface area contributed by atoms with Crippen LogP contribution < -0.4 is 5.32 Å². The number of rotatable bonds is 2. The molecule has 142 valence electrons. The van der Waals surface area contributed by atoms with Gasteiger partial charge >= 0.3 is 6.03 Å². The van der Waals surface area contributed by atoms with Crippen molar-refractivity contribution in [1.82, 2.24) is 20.1 Å². The Balaban J connectivity index is 1.31. The minimum absolute atomic E-state index is 0.0812. The van der Waals surface area contributed by atoms with Gasteiger partial charge in [-0.15, -0.1) is 0 Å². The van der Waals surface area contributed by atoms with Gasteiger partial charge in [-0.3, -0.25) is 9.78 Å². The molecule has 0 spiro atoms. The highest BCUT2D eigenvalue weighted by Gasteiger charge is 2.28. The number of ether oxygens (including phenoxy) is 1. The summed E-state index contributed by atoms with van der Waals surface area (Å²) in [4.78, 5) is 33.2. The second-order valence-corrected chi connectivity index (χ2v) is 7.03. The zero-order valence-electron chi connectivity index (χ0n) is 15.3. The molecular formula is C20H24N4O3. The molecule has 4 rings (SSSR count). The molecule has 3 amide bonds. The summed E-state index contributed by atoms with van der Waals surface area (Å²) in [5, 5.41) is 4.04. The first-order valence-corrected chi connectivity index (χ1v) is 9.48. The van der Waals surface area contributed by atoms with Crippen molar-refractivity contribution in [3.63, 3.8) is 0 Å². The summed E-state index contributed by atoms with van der Waals surface area (Å²) in [5.74, 6) is -0.105. The van der Waals surface area contributed by atoms with Crippen molar-refractivity contribution in [3.05, 3.63) is 42.1 Å². The van der Waals surface area contributed by atoms with Crippen LogP contribution in [-0.4, -0.2) is 72.2 Å². The molecule has 1 aromatic carbocycles. The third kappa shape index (κ3) is 4.03. The van der Waals surface area contributed by atoms with Crippen LogP contribution in [0.15, 0.2) is 36.5 Å². The quantitative estimate of drug-likeness (QED) is 0.878. The number of urea groups is 1. The Morgan fingerprint density at radius 2 is 1.74 bits per heavy atom. The van der Waals surface area contributed by atoms with Crippen molar-refractivity contribution in [2.24, 2.45) is 0 Å². The molecule has 27 heavy (non-hydrogen) atoms. The van der Waals surface area contributed by atoms with E-state index in [2.05, 4.69) is 10.3 Å². The molecule has 0 aliphatic carbocycles. The maximum Gasteiger partial charge on any atom is 0.320 e. The third-order valence-corrected chi connectivity index (χ3v) is 5.23. The fourth-order valence-corrected chi connectivity index (χ4v) is 3.63. The van der Waals surface area contributed by atoms with Crippen LogP contribution in [0.5, 0.6) is 0 Å². The first-order valence-electron chi connectivity index (χ1n) is 9.48. The average Bonchev–Trinajstić information content (AvgIpc) is 2.74.